The van der Waals surface area contributed by atoms with Crippen molar-refractivity contribution in [2.24, 2.45) is 0 Å². The van der Waals surface area contributed by atoms with Gasteiger partial charge in [0.2, 0.25) is 0 Å². The Labute approximate surface area is 105 Å². The number of hydrogen-bond acceptors (Lipinski definition) is 3. The summed E-state index contributed by atoms with van der Waals surface area (Å²) in [6.45, 7) is 5.73. The Morgan fingerprint density at radius 1 is 1.33 bits per heavy atom. The molecule has 0 saturated heterocycles. The molecule has 2 aromatic rings. The average Bonchev–Trinajstić information content (AvgIpc) is 2.72. The molecule has 2 rings (SSSR count). The maximum atomic E-state index is 11.4. The molecule has 0 unspecified atom stereocenters. The summed E-state index contributed by atoms with van der Waals surface area (Å²) in [5.74, 6) is -0.578. The fraction of sp³-hybridized carbons (Fsp3) is 0.286. The van der Waals surface area contributed by atoms with Crippen molar-refractivity contribution < 1.29 is 14.4 Å². The van der Waals surface area contributed by atoms with Gasteiger partial charge in [0.15, 0.2) is 5.76 Å². The van der Waals surface area contributed by atoms with Gasteiger partial charge in [-0.05, 0) is 25.0 Å². The molecular formula is C14H15NO3. The summed E-state index contributed by atoms with van der Waals surface area (Å²) in [5.41, 5.74) is 3.44. The third-order valence-corrected chi connectivity index (χ3v) is 3.02. The molecule has 0 aliphatic heterocycles. The Morgan fingerprint density at radius 3 is 2.44 bits per heavy atom. The lowest BCUT2D eigenvalue weighted by atomic mass is 9.96. The third-order valence-electron chi connectivity index (χ3n) is 3.02. The second kappa shape index (κ2) is 4.64. The number of aromatic carboxylic acids is 1. The first kappa shape index (κ1) is 12.4. The largest absolute Gasteiger partial charge is 0.477 e. The van der Waals surface area contributed by atoms with Crippen LogP contribution in [0.4, 0.5) is 0 Å². The molecule has 0 aliphatic carbocycles. The minimum absolute atomic E-state index is 0.176. The number of carbonyl (C=O) groups is 1. The van der Waals surface area contributed by atoms with Crippen LogP contribution in [0.3, 0.4) is 0 Å². The monoisotopic (exact) mass is 245 g/mol. The zero-order valence-electron chi connectivity index (χ0n) is 10.7. The van der Waals surface area contributed by atoms with Gasteiger partial charge in [0.1, 0.15) is 11.3 Å². The second-order valence-electron chi connectivity index (χ2n) is 4.25. The Kier molecular flexibility index (Phi) is 3.19. The summed E-state index contributed by atoms with van der Waals surface area (Å²) in [7, 11) is 0. The first-order chi connectivity index (χ1) is 8.56. The molecule has 0 atom stereocenters. The molecule has 0 bridgehead atoms. The highest BCUT2D eigenvalue weighted by molar-refractivity contribution is 5.96. The molecule has 1 N–H and O–H groups in total. The first-order valence-corrected chi connectivity index (χ1v) is 5.84. The van der Waals surface area contributed by atoms with Crippen molar-refractivity contribution in [3.05, 3.63) is 40.6 Å². The number of aromatic nitrogens is 1. The molecule has 4 heteroatoms. The van der Waals surface area contributed by atoms with Crippen molar-refractivity contribution in [3.8, 4) is 11.3 Å². The molecule has 94 valence electrons. The summed E-state index contributed by atoms with van der Waals surface area (Å²) in [6.07, 6.45) is 0.513. The fourth-order valence-corrected chi connectivity index (χ4v) is 2.14. The molecule has 1 aromatic carbocycles. The van der Waals surface area contributed by atoms with Gasteiger partial charge in [-0.15, -0.1) is 0 Å². The second-order valence-corrected chi connectivity index (χ2v) is 4.25. The fourth-order valence-electron chi connectivity index (χ4n) is 2.14. The van der Waals surface area contributed by atoms with Crippen LogP contribution in [0.1, 0.15) is 34.2 Å². The summed E-state index contributed by atoms with van der Waals surface area (Å²) in [6, 6.07) is 5.82. The number of benzene rings is 1. The highest BCUT2D eigenvalue weighted by Crippen LogP contribution is 2.31. The zero-order valence-corrected chi connectivity index (χ0v) is 10.7. The van der Waals surface area contributed by atoms with Gasteiger partial charge in [0.25, 0.3) is 0 Å². The summed E-state index contributed by atoms with van der Waals surface area (Å²) in [5, 5.41) is 13.3. The lowest BCUT2D eigenvalue weighted by Gasteiger charge is -2.07. The molecule has 0 spiro atoms. The minimum Gasteiger partial charge on any atom is -0.477 e. The van der Waals surface area contributed by atoms with Crippen molar-refractivity contribution in [2.75, 3.05) is 0 Å². The quantitative estimate of drug-likeness (QED) is 0.901. The van der Waals surface area contributed by atoms with Crippen LogP contribution in [0.5, 0.6) is 0 Å². The normalized spacial score (nSPS) is 10.6. The van der Waals surface area contributed by atoms with Crippen molar-refractivity contribution in [3.63, 3.8) is 0 Å². The number of carboxylic acid groups (broad SMARTS) is 1. The molecule has 4 nitrogen and oxygen atoms in total. The maximum Gasteiger partial charge on any atom is 0.341 e. The van der Waals surface area contributed by atoms with E-state index in [9.17, 15) is 9.90 Å². The van der Waals surface area contributed by atoms with Crippen LogP contribution in [0, 0.1) is 13.8 Å². The van der Waals surface area contributed by atoms with Crippen LogP contribution < -0.4 is 0 Å². The maximum absolute atomic E-state index is 11.4. The van der Waals surface area contributed by atoms with Crippen molar-refractivity contribution in [2.45, 2.75) is 27.2 Å². The van der Waals surface area contributed by atoms with Gasteiger partial charge >= 0.3 is 5.97 Å². The van der Waals surface area contributed by atoms with Gasteiger partial charge in [-0.3, -0.25) is 0 Å². The molecule has 1 heterocycles. The van der Waals surface area contributed by atoms with Crippen LogP contribution in [0.2, 0.25) is 0 Å². The molecule has 0 aliphatic rings. The van der Waals surface area contributed by atoms with E-state index in [2.05, 4.69) is 5.16 Å². The predicted octanol–water partition coefficient (Wildman–Crippen LogP) is 3.22. The molecule has 0 fully saturated rings. The van der Waals surface area contributed by atoms with Gasteiger partial charge < -0.3 is 9.63 Å². The van der Waals surface area contributed by atoms with E-state index in [0.29, 0.717) is 17.9 Å². The van der Waals surface area contributed by atoms with Gasteiger partial charge in [-0.25, -0.2) is 4.79 Å². The topological polar surface area (TPSA) is 63.3 Å². The Morgan fingerprint density at radius 2 is 1.94 bits per heavy atom. The van der Waals surface area contributed by atoms with Crippen molar-refractivity contribution in [1.29, 1.82) is 0 Å². The molecular weight excluding hydrogens is 230 g/mol. The van der Waals surface area contributed by atoms with Crippen LogP contribution >= 0.6 is 0 Å². The molecule has 1 aromatic heterocycles. The van der Waals surface area contributed by atoms with E-state index in [1.165, 1.54) is 0 Å². The Balaban J connectivity index is 2.72. The number of aryl methyl sites for hydroxylation is 3. The predicted molar refractivity (Wildman–Crippen MR) is 67.8 cm³/mol. The SMILES string of the molecule is CCc1onc(-c2c(C)cccc2C)c1C(=O)O. The number of hydrogen-bond donors (Lipinski definition) is 1. The number of carboxylic acids is 1. The van der Waals surface area contributed by atoms with Crippen LogP contribution in [-0.2, 0) is 6.42 Å². The van der Waals surface area contributed by atoms with Crippen LogP contribution in [0.25, 0.3) is 11.3 Å². The molecule has 0 amide bonds. The molecule has 18 heavy (non-hydrogen) atoms. The van der Waals surface area contributed by atoms with Gasteiger partial charge in [0.05, 0.1) is 0 Å². The summed E-state index contributed by atoms with van der Waals surface area (Å²) < 4.78 is 5.14. The standard InChI is InChI=1S/C14H15NO3/c1-4-10-12(14(16)17)13(15-18-10)11-8(2)6-5-7-9(11)3/h5-7H,4H2,1-3H3,(H,16,17). The first-order valence-electron chi connectivity index (χ1n) is 5.84. The summed E-state index contributed by atoms with van der Waals surface area (Å²) >= 11 is 0. The van der Waals surface area contributed by atoms with E-state index in [-0.39, 0.29) is 5.56 Å². The Bertz CT molecular complexity index is 579. The Hall–Kier alpha value is -2.10. The van der Waals surface area contributed by atoms with E-state index in [1.807, 2.05) is 39.0 Å². The van der Waals surface area contributed by atoms with Gasteiger partial charge in [0, 0.05) is 12.0 Å². The number of rotatable bonds is 3. The number of nitrogens with zero attached hydrogens (tertiary/aromatic N) is 1. The highest BCUT2D eigenvalue weighted by atomic mass is 16.5. The van der Waals surface area contributed by atoms with Gasteiger partial charge in [-0.1, -0.05) is 30.3 Å². The van der Waals surface area contributed by atoms with E-state index in [4.69, 9.17) is 4.52 Å². The lowest BCUT2D eigenvalue weighted by Crippen LogP contribution is -2.02. The third kappa shape index (κ3) is 1.90. The molecule has 0 saturated carbocycles. The average molecular weight is 245 g/mol. The van der Waals surface area contributed by atoms with Crippen molar-refractivity contribution >= 4 is 5.97 Å². The zero-order chi connectivity index (χ0) is 13.3. The highest BCUT2D eigenvalue weighted by Gasteiger charge is 2.24. The van der Waals surface area contributed by atoms with Crippen LogP contribution in [0.15, 0.2) is 22.7 Å². The smallest absolute Gasteiger partial charge is 0.341 e. The van der Waals surface area contributed by atoms with Crippen LogP contribution in [-0.4, -0.2) is 16.2 Å². The van der Waals surface area contributed by atoms with E-state index >= 15 is 0 Å². The minimum atomic E-state index is -0.995. The van der Waals surface area contributed by atoms with E-state index in [0.717, 1.165) is 16.7 Å². The lowest BCUT2D eigenvalue weighted by molar-refractivity contribution is 0.0695. The van der Waals surface area contributed by atoms with E-state index in [1.54, 1.807) is 0 Å². The summed E-state index contributed by atoms with van der Waals surface area (Å²) in [4.78, 5) is 11.4. The van der Waals surface area contributed by atoms with Gasteiger partial charge in [-0.2, -0.15) is 0 Å². The van der Waals surface area contributed by atoms with Crippen molar-refractivity contribution in [1.82, 2.24) is 5.16 Å². The van der Waals surface area contributed by atoms with E-state index < -0.39 is 5.97 Å². The molecule has 0 radical (unpaired) electrons.